The van der Waals surface area contributed by atoms with Crippen LogP contribution in [-0.2, 0) is 0 Å². The first-order valence-electron chi connectivity index (χ1n) is 7.12. The molecule has 1 aliphatic rings. The van der Waals surface area contributed by atoms with Gasteiger partial charge in [-0.1, -0.05) is 47.3 Å². The van der Waals surface area contributed by atoms with Gasteiger partial charge in [0.1, 0.15) is 0 Å². The van der Waals surface area contributed by atoms with E-state index in [1.807, 2.05) is 12.1 Å². The summed E-state index contributed by atoms with van der Waals surface area (Å²) in [5.74, 6) is 0. The van der Waals surface area contributed by atoms with E-state index in [0.717, 1.165) is 35.7 Å². The summed E-state index contributed by atoms with van der Waals surface area (Å²) in [5, 5.41) is 4.31. The van der Waals surface area contributed by atoms with Gasteiger partial charge in [-0.05, 0) is 30.2 Å². The van der Waals surface area contributed by atoms with Crippen molar-refractivity contribution in [3.63, 3.8) is 0 Å². The van der Waals surface area contributed by atoms with E-state index in [9.17, 15) is 0 Å². The number of benzene rings is 1. The Bertz CT molecular complexity index is 405. The van der Waals surface area contributed by atoms with E-state index in [2.05, 4.69) is 39.1 Å². The first kappa shape index (κ1) is 15.3. The lowest BCUT2D eigenvalue weighted by molar-refractivity contribution is 0.163. The number of piperazine rings is 1. The Balaban J connectivity index is 2.22. The number of nitrogens with zero attached hydrogens (tertiary/aromatic N) is 1. The Morgan fingerprint density at radius 2 is 2.11 bits per heavy atom. The first-order valence-corrected chi connectivity index (χ1v) is 8.29. The van der Waals surface area contributed by atoms with Crippen LogP contribution in [0.4, 0.5) is 0 Å². The molecule has 0 aromatic heterocycles. The molecule has 1 aliphatic heterocycles. The summed E-state index contributed by atoms with van der Waals surface area (Å²) in [6, 6.07) is 6.65. The SMILES string of the molecule is CCCC[C@@H](c1cc(Br)ccc1Cl)N1CCNCC1. The van der Waals surface area contributed by atoms with Crippen molar-refractivity contribution in [2.24, 2.45) is 0 Å². The van der Waals surface area contributed by atoms with E-state index in [4.69, 9.17) is 11.6 Å². The molecule has 1 atom stereocenters. The van der Waals surface area contributed by atoms with Crippen LogP contribution in [0.5, 0.6) is 0 Å². The predicted octanol–water partition coefficient (Wildman–Crippen LogP) is 4.24. The summed E-state index contributed by atoms with van der Waals surface area (Å²) in [5.41, 5.74) is 1.27. The van der Waals surface area contributed by atoms with Crippen LogP contribution in [0.1, 0.15) is 37.8 Å². The van der Waals surface area contributed by atoms with Crippen molar-refractivity contribution in [2.75, 3.05) is 26.2 Å². The molecule has 106 valence electrons. The molecule has 1 fully saturated rings. The summed E-state index contributed by atoms with van der Waals surface area (Å²) >= 11 is 9.99. The number of hydrogen-bond acceptors (Lipinski definition) is 2. The van der Waals surface area contributed by atoms with Crippen molar-refractivity contribution in [2.45, 2.75) is 32.2 Å². The van der Waals surface area contributed by atoms with Gasteiger partial charge < -0.3 is 5.32 Å². The van der Waals surface area contributed by atoms with Crippen molar-refractivity contribution in [3.05, 3.63) is 33.3 Å². The number of nitrogens with one attached hydrogen (secondary N) is 1. The van der Waals surface area contributed by atoms with Crippen molar-refractivity contribution in [1.82, 2.24) is 10.2 Å². The second kappa shape index (κ2) is 7.63. The standard InChI is InChI=1S/C15H22BrClN2/c1-2-3-4-15(19-9-7-18-8-10-19)13-11-12(16)5-6-14(13)17/h5-6,11,15,18H,2-4,7-10H2,1H3/t15-/m0/s1. The summed E-state index contributed by atoms with van der Waals surface area (Å²) in [7, 11) is 0. The third-order valence-corrected chi connectivity index (χ3v) is 4.58. The Hall–Kier alpha value is -0.0900. The maximum absolute atomic E-state index is 6.43. The average Bonchev–Trinajstić information content (AvgIpc) is 2.44. The van der Waals surface area contributed by atoms with E-state index >= 15 is 0 Å². The van der Waals surface area contributed by atoms with Gasteiger partial charge >= 0.3 is 0 Å². The zero-order valence-electron chi connectivity index (χ0n) is 11.5. The number of unbranched alkanes of at least 4 members (excludes halogenated alkanes) is 1. The smallest absolute Gasteiger partial charge is 0.0454 e. The largest absolute Gasteiger partial charge is 0.314 e. The summed E-state index contributed by atoms with van der Waals surface area (Å²) < 4.78 is 1.11. The zero-order chi connectivity index (χ0) is 13.7. The minimum Gasteiger partial charge on any atom is -0.314 e. The molecule has 0 radical (unpaired) electrons. The van der Waals surface area contributed by atoms with Crippen LogP contribution in [-0.4, -0.2) is 31.1 Å². The molecular weight excluding hydrogens is 324 g/mol. The molecule has 1 aromatic rings. The lowest BCUT2D eigenvalue weighted by Crippen LogP contribution is -2.45. The van der Waals surface area contributed by atoms with Crippen LogP contribution in [0.15, 0.2) is 22.7 Å². The van der Waals surface area contributed by atoms with Crippen molar-refractivity contribution < 1.29 is 0 Å². The maximum atomic E-state index is 6.43. The highest BCUT2D eigenvalue weighted by Crippen LogP contribution is 2.33. The molecule has 0 saturated carbocycles. The number of halogens is 2. The lowest BCUT2D eigenvalue weighted by atomic mass is 9.98. The average molecular weight is 346 g/mol. The van der Waals surface area contributed by atoms with Crippen LogP contribution in [0.2, 0.25) is 5.02 Å². The Morgan fingerprint density at radius 3 is 2.79 bits per heavy atom. The third kappa shape index (κ3) is 4.19. The summed E-state index contributed by atoms with van der Waals surface area (Å²) in [6.07, 6.45) is 3.67. The molecule has 0 unspecified atom stereocenters. The van der Waals surface area contributed by atoms with E-state index < -0.39 is 0 Å². The molecule has 0 aliphatic carbocycles. The van der Waals surface area contributed by atoms with Crippen LogP contribution < -0.4 is 5.32 Å². The molecular formula is C15H22BrClN2. The Labute approximate surface area is 129 Å². The molecule has 0 bridgehead atoms. The van der Waals surface area contributed by atoms with Crippen LogP contribution in [0.25, 0.3) is 0 Å². The molecule has 2 rings (SSSR count). The molecule has 1 saturated heterocycles. The van der Waals surface area contributed by atoms with E-state index in [1.165, 1.54) is 24.8 Å². The van der Waals surface area contributed by atoms with Gasteiger partial charge in [0, 0.05) is 41.7 Å². The Kier molecular flexibility index (Phi) is 6.14. The maximum Gasteiger partial charge on any atom is 0.0454 e. The monoisotopic (exact) mass is 344 g/mol. The number of rotatable bonds is 5. The fraction of sp³-hybridized carbons (Fsp3) is 0.600. The predicted molar refractivity (Wildman–Crippen MR) is 85.9 cm³/mol. The summed E-state index contributed by atoms with van der Waals surface area (Å²) in [6.45, 7) is 6.62. The van der Waals surface area contributed by atoms with Gasteiger partial charge in [0.2, 0.25) is 0 Å². The van der Waals surface area contributed by atoms with Crippen LogP contribution in [0.3, 0.4) is 0 Å². The van der Waals surface area contributed by atoms with Crippen molar-refractivity contribution >= 4 is 27.5 Å². The van der Waals surface area contributed by atoms with E-state index in [0.29, 0.717) is 6.04 Å². The molecule has 0 spiro atoms. The highest BCUT2D eigenvalue weighted by molar-refractivity contribution is 9.10. The van der Waals surface area contributed by atoms with Crippen LogP contribution >= 0.6 is 27.5 Å². The van der Waals surface area contributed by atoms with Gasteiger partial charge in [-0.15, -0.1) is 0 Å². The van der Waals surface area contributed by atoms with Gasteiger partial charge in [0.25, 0.3) is 0 Å². The van der Waals surface area contributed by atoms with Crippen molar-refractivity contribution in [1.29, 1.82) is 0 Å². The van der Waals surface area contributed by atoms with E-state index in [-0.39, 0.29) is 0 Å². The lowest BCUT2D eigenvalue weighted by Gasteiger charge is -2.35. The molecule has 1 aromatic carbocycles. The second-order valence-corrected chi connectivity index (χ2v) is 6.43. The normalized spacial score (nSPS) is 18.5. The van der Waals surface area contributed by atoms with Crippen LogP contribution in [0, 0.1) is 0 Å². The third-order valence-electron chi connectivity index (χ3n) is 3.74. The highest BCUT2D eigenvalue weighted by atomic mass is 79.9. The first-order chi connectivity index (χ1) is 9.22. The minimum absolute atomic E-state index is 0.451. The molecule has 1 N–H and O–H groups in total. The molecule has 19 heavy (non-hydrogen) atoms. The Morgan fingerprint density at radius 1 is 1.37 bits per heavy atom. The van der Waals surface area contributed by atoms with Gasteiger partial charge in [0.05, 0.1) is 0 Å². The quantitative estimate of drug-likeness (QED) is 0.858. The molecule has 0 amide bonds. The minimum atomic E-state index is 0.451. The van der Waals surface area contributed by atoms with Gasteiger partial charge in [-0.2, -0.15) is 0 Å². The fourth-order valence-electron chi connectivity index (χ4n) is 2.70. The van der Waals surface area contributed by atoms with Gasteiger partial charge in [0.15, 0.2) is 0 Å². The van der Waals surface area contributed by atoms with Gasteiger partial charge in [-0.25, -0.2) is 0 Å². The van der Waals surface area contributed by atoms with E-state index in [1.54, 1.807) is 0 Å². The zero-order valence-corrected chi connectivity index (χ0v) is 13.8. The summed E-state index contributed by atoms with van der Waals surface area (Å²) in [4.78, 5) is 2.57. The second-order valence-electron chi connectivity index (χ2n) is 5.11. The molecule has 1 heterocycles. The van der Waals surface area contributed by atoms with Gasteiger partial charge in [-0.3, -0.25) is 4.90 Å². The molecule has 4 heteroatoms. The topological polar surface area (TPSA) is 15.3 Å². The van der Waals surface area contributed by atoms with Crippen molar-refractivity contribution in [3.8, 4) is 0 Å². The fourth-order valence-corrected chi connectivity index (χ4v) is 3.32. The molecule has 2 nitrogen and oxygen atoms in total. The number of hydrogen-bond donors (Lipinski definition) is 1. The highest BCUT2D eigenvalue weighted by Gasteiger charge is 2.23.